The van der Waals surface area contributed by atoms with Crippen molar-refractivity contribution >= 4 is 24.1 Å². The number of primary amides is 8. The number of hydrogen-bond acceptors (Lipinski definition) is 10. The summed E-state index contributed by atoms with van der Waals surface area (Å²) in [5.74, 6) is 0. The Balaban J connectivity index is -0.0000000201. The zero-order chi connectivity index (χ0) is 21.5. The van der Waals surface area contributed by atoms with Crippen molar-refractivity contribution < 1.29 is 57.1 Å². The molecule has 0 aliphatic heterocycles. The monoisotopic (exact) mass is 461 g/mol. The molecule has 23 heteroatoms. The molecular formula is C4H22CoN10O12+2. The summed E-state index contributed by atoms with van der Waals surface area (Å²) < 4.78 is 0. The molecule has 0 aromatic rings. The van der Waals surface area contributed by atoms with Crippen LogP contribution in [0, 0.1) is 30.6 Å². The van der Waals surface area contributed by atoms with Gasteiger partial charge in [-0.2, -0.15) is 0 Å². The third-order valence-electron chi connectivity index (χ3n) is 0. The first-order chi connectivity index (χ1) is 10.4. The maximum atomic E-state index is 9.00. The van der Waals surface area contributed by atoms with Crippen LogP contribution in [0.2, 0.25) is 0 Å². The van der Waals surface area contributed by atoms with Gasteiger partial charge in [-0.15, -0.1) is 0 Å². The summed E-state index contributed by atoms with van der Waals surface area (Å²) in [6.07, 6.45) is 0. The Labute approximate surface area is 158 Å². The number of urea groups is 4. The fourth-order valence-electron chi connectivity index (χ4n) is 0. The van der Waals surface area contributed by atoms with Crippen LogP contribution in [-0.2, 0) is 27.7 Å². The number of hydrogen-bond donors (Lipinski definition) is 8. The predicted molar refractivity (Wildman–Crippen MR) is 85.5 cm³/mol. The second-order valence-corrected chi connectivity index (χ2v) is 2.06. The van der Waals surface area contributed by atoms with E-state index in [1.165, 1.54) is 0 Å². The third-order valence-corrected chi connectivity index (χ3v) is 0. The van der Waals surface area contributed by atoms with Crippen molar-refractivity contribution in [1.82, 2.24) is 0 Å². The molecule has 0 aromatic carbocycles. The van der Waals surface area contributed by atoms with Crippen molar-refractivity contribution in [3.63, 3.8) is 0 Å². The molecule has 0 aliphatic rings. The van der Waals surface area contributed by atoms with Crippen molar-refractivity contribution in [1.29, 1.82) is 0 Å². The normalized spacial score (nSPS) is 5.33. The number of rotatable bonds is 0. The standard InChI is InChI=1S/4CH4N2O.Co.2NO3.2H2O/c4*2-1(3)4;;2*2-1(3)4;;/h4*(H4,2,3,4);;;;2*1H2/q;;;;+2;2*-1;;/p+2. The third kappa shape index (κ3) is 518. The molecule has 0 heterocycles. The van der Waals surface area contributed by atoms with Gasteiger partial charge in [-0.05, 0) is 0 Å². The van der Waals surface area contributed by atoms with Gasteiger partial charge in [-0.3, -0.25) is 0 Å². The van der Waals surface area contributed by atoms with E-state index in [1.807, 2.05) is 0 Å². The molecule has 8 amide bonds. The van der Waals surface area contributed by atoms with E-state index in [0.29, 0.717) is 0 Å². The van der Waals surface area contributed by atoms with Gasteiger partial charge in [0, 0.05) is 0 Å². The van der Waals surface area contributed by atoms with Crippen LogP contribution in [-0.4, -0.2) is 34.3 Å². The molecule has 22 N–H and O–H groups in total. The van der Waals surface area contributed by atoms with Crippen molar-refractivity contribution in [3.05, 3.63) is 30.6 Å². The van der Waals surface area contributed by atoms with Crippen molar-refractivity contribution in [3.8, 4) is 0 Å². The van der Waals surface area contributed by atoms with E-state index in [1.54, 1.807) is 0 Å². The molecule has 27 heavy (non-hydrogen) atoms. The Morgan fingerprint density at radius 2 is 0.481 bits per heavy atom. The molecule has 1 radical (unpaired) electrons. The van der Waals surface area contributed by atoms with Gasteiger partial charge in [-0.1, -0.05) is 0 Å². The molecule has 167 valence electrons. The quantitative estimate of drug-likeness (QED) is 0.0957. The van der Waals surface area contributed by atoms with Crippen molar-refractivity contribution in [2.75, 3.05) is 0 Å². The summed E-state index contributed by atoms with van der Waals surface area (Å²) in [5, 5.41) is 29.5. The van der Waals surface area contributed by atoms with Crippen LogP contribution in [0.25, 0.3) is 0 Å². The van der Waals surface area contributed by atoms with E-state index in [9.17, 15) is 0 Å². The summed E-state index contributed by atoms with van der Waals surface area (Å²) in [7, 11) is 0. The fourth-order valence-corrected chi connectivity index (χ4v) is 0. The Bertz CT molecular complexity index is 275. The average molecular weight is 461 g/mol. The smallest absolute Gasteiger partial charge is 0.457 e. The summed E-state index contributed by atoms with van der Waals surface area (Å²) in [4.78, 5) is 52.5. The SMILES string of the molecule is NC(N)=O.NC(N)=O.NC(N)=O.NC(N)=O.O=[N+]([O-])[O-].O=[N+]([O-])[O-].[Co+2].[OH3+].[OH3+]. The Morgan fingerprint density at radius 1 is 0.481 bits per heavy atom. The maximum absolute atomic E-state index is 9.00. The zero-order valence-electron chi connectivity index (χ0n) is 13.1. The first kappa shape index (κ1) is 56.8. The van der Waals surface area contributed by atoms with E-state index in [4.69, 9.17) is 49.8 Å². The second-order valence-electron chi connectivity index (χ2n) is 2.06. The minimum absolute atomic E-state index is 0. The van der Waals surface area contributed by atoms with Crippen LogP contribution < -0.4 is 45.9 Å². The summed E-state index contributed by atoms with van der Waals surface area (Å²) in [5.41, 5.74) is 34.0. The molecular weight excluding hydrogens is 439 g/mol. The second kappa shape index (κ2) is 49.5. The number of nitrogens with zero attached hydrogens (tertiary/aromatic N) is 2. The molecule has 0 aliphatic carbocycles. The van der Waals surface area contributed by atoms with Gasteiger partial charge in [0.2, 0.25) is 0 Å². The minimum Gasteiger partial charge on any atom is -0.457 e. The van der Waals surface area contributed by atoms with Crippen LogP contribution in [0.15, 0.2) is 0 Å². The van der Waals surface area contributed by atoms with E-state index in [0.717, 1.165) is 0 Å². The molecule has 0 saturated carbocycles. The Kier molecular flexibility index (Phi) is 104. The van der Waals surface area contributed by atoms with Crippen LogP contribution in [0.4, 0.5) is 19.2 Å². The Morgan fingerprint density at radius 3 is 0.481 bits per heavy atom. The molecule has 0 aromatic heterocycles. The van der Waals surface area contributed by atoms with Crippen molar-refractivity contribution in [2.24, 2.45) is 45.9 Å². The van der Waals surface area contributed by atoms with Crippen LogP contribution in [0.5, 0.6) is 0 Å². The molecule has 22 nitrogen and oxygen atoms in total. The number of amides is 8. The fraction of sp³-hybridized carbons (Fsp3) is 0. The minimum atomic E-state index is -1.75. The molecule has 0 unspecified atom stereocenters. The summed E-state index contributed by atoms with van der Waals surface area (Å²) in [6.45, 7) is 0. The average Bonchev–Trinajstić information content (AvgIpc) is 2.08. The molecule has 0 bridgehead atoms. The summed E-state index contributed by atoms with van der Waals surface area (Å²) >= 11 is 0. The van der Waals surface area contributed by atoms with Crippen LogP contribution >= 0.6 is 0 Å². The van der Waals surface area contributed by atoms with Crippen LogP contribution in [0.3, 0.4) is 0 Å². The van der Waals surface area contributed by atoms with Gasteiger partial charge in [0.15, 0.2) is 0 Å². The van der Waals surface area contributed by atoms with Gasteiger partial charge in [0.05, 0.1) is 10.2 Å². The van der Waals surface area contributed by atoms with Gasteiger partial charge >= 0.3 is 40.9 Å². The van der Waals surface area contributed by atoms with Crippen molar-refractivity contribution in [2.45, 2.75) is 0 Å². The molecule has 0 spiro atoms. The number of carbonyl (C=O) groups excluding carboxylic acids is 4. The van der Waals surface area contributed by atoms with Gasteiger partial charge in [-0.25, -0.2) is 19.2 Å². The summed E-state index contributed by atoms with van der Waals surface area (Å²) in [6, 6.07) is -3.33. The van der Waals surface area contributed by atoms with Gasteiger partial charge in [0.1, 0.15) is 0 Å². The van der Waals surface area contributed by atoms with Gasteiger partial charge < -0.3 is 87.5 Å². The topological polar surface area (TPSA) is 475 Å². The number of carbonyl (C=O) groups is 4. The first-order valence-electron chi connectivity index (χ1n) is 4.22. The largest absolute Gasteiger partial charge is 2.00 e. The van der Waals surface area contributed by atoms with E-state index in [2.05, 4.69) is 45.9 Å². The molecule has 0 atom stereocenters. The van der Waals surface area contributed by atoms with Gasteiger partial charge in [0.25, 0.3) is 0 Å². The first-order valence-corrected chi connectivity index (χ1v) is 4.22. The molecule has 0 rings (SSSR count). The Hall–Kier alpha value is -4.09. The maximum Gasteiger partial charge on any atom is 2.00 e. The molecule has 0 fully saturated rings. The predicted octanol–water partition coefficient (Wildman–Crippen LogP) is -6.23. The number of nitrogens with two attached hydrogens (primary N) is 8. The van der Waals surface area contributed by atoms with E-state index < -0.39 is 34.3 Å². The zero-order valence-corrected chi connectivity index (χ0v) is 14.1. The van der Waals surface area contributed by atoms with E-state index in [-0.39, 0.29) is 27.7 Å². The van der Waals surface area contributed by atoms with Crippen LogP contribution in [0.1, 0.15) is 0 Å². The molecule has 0 saturated heterocycles. The van der Waals surface area contributed by atoms with E-state index >= 15 is 0 Å².